The number of carbonyl (C=O) groups excluding carboxylic acids is 4. The van der Waals surface area contributed by atoms with Crippen molar-refractivity contribution in [3.63, 3.8) is 0 Å². The number of unbranched alkanes of at least 4 members (excludes halogenated alkanes) is 1. The Balaban J connectivity index is 4.19. The minimum absolute atomic E-state index is 0.00281. The Kier molecular flexibility index (Phi) is 19.7. The highest BCUT2D eigenvalue weighted by molar-refractivity contribution is 5.90. The fraction of sp³-hybridized carbons (Fsp3) is 0.531. The number of rotatable bonds is 24. The third-order valence-electron chi connectivity index (χ3n) is 6.07. The van der Waals surface area contributed by atoms with Crippen molar-refractivity contribution in [2.45, 2.75) is 83.8 Å². The lowest BCUT2D eigenvalue weighted by atomic mass is 10.1. The van der Waals surface area contributed by atoms with E-state index in [1.54, 1.807) is 6.92 Å². The average molecular weight is 607 g/mol. The van der Waals surface area contributed by atoms with Gasteiger partial charge in [0.2, 0.25) is 0 Å². The molecule has 2 unspecified atom stereocenters. The van der Waals surface area contributed by atoms with Crippen LogP contribution in [-0.2, 0) is 47.7 Å². The topological polar surface area (TPSA) is 152 Å². The summed E-state index contributed by atoms with van der Waals surface area (Å²) in [4.78, 5) is 59.4. The summed E-state index contributed by atoms with van der Waals surface area (Å²) in [6, 6.07) is 0. The second kappa shape index (κ2) is 21.7. The molecule has 11 nitrogen and oxygen atoms in total. The van der Waals surface area contributed by atoms with Crippen LogP contribution in [0.1, 0.15) is 71.6 Å². The minimum Gasteiger partial charge on any atom is -0.478 e. The summed E-state index contributed by atoms with van der Waals surface area (Å²) in [6.45, 7) is 22.1. The van der Waals surface area contributed by atoms with Crippen molar-refractivity contribution in [2.75, 3.05) is 26.9 Å². The van der Waals surface area contributed by atoms with E-state index in [1.807, 2.05) is 6.92 Å². The predicted molar refractivity (Wildman–Crippen MR) is 160 cm³/mol. The molecule has 0 heterocycles. The van der Waals surface area contributed by atoms with Crippen molar-refractivity contribution >= 4 is 29.8 Å². The van der Waals surface area contributed by atoms with Gasteiger partial charge in [0.1, 0.15) is 12.2 Å². The molecule has 0 aliphatic carbocycles. The first-order valence-corrected chi connectivity index (χ1v) is 14.1. The zero-order valence-electron chi connectivity index (χ0n) is 25.7. The number of hydrogen-bond acceptors (Lipinski definition) is 10. The second-order valence-corrected chi connectivity index (χ2v) is 9.96. The number of carboxylic acids is 1. The molecule has 0 saturated carbocycles. The van der Waals surface area contributed by atoms with Crippen molar-refractivity contribution in [1.82, 2.24) is 0 Å². The van der Waals surface area contributed by atoms with E-state index in [2.05, 4.69) is 32.9 Å². The Morgan fingerprint density at radius 1 is 0.628 bits per heavy atom. The van der Waals surface area contributed by atoms with Gasteiger partial charge in [-0.2, -0.15) is 0 Å². The van der Waals surface area contributed by atoms with Crippen molar-refractivity contribution in [3.8, 4) is 0 Å². The summed E-state index contributed by atoms with van der Waals surface area (Å²) in [6.07, 6.45) is 1.69. The molecule has 0 saturated heterocycles. The Bertz CT molecular complexity index is 1050. The van der Waals surface area contributed by atoms with Crippen LogP contribution in [0.4, 0.5) is 0 Å². The lowest BCUT2D eigenvalue weighted by Gasteiger charge is -2.18. The van der Waals surface area contributed by atoms with Gasteiger partial charge in [-0.3, -0.25) is 0 Å². The number of carboxylic acid groups (broad SMARTS) is 1. The number of ether oxygens (including phenoxy) is 5. The van der Waals surface area contributed by atoms with Crippen LogP contribution in [0.3, 0.4) is 0 Å². The molecule has 0 aliphatic heterocycles. The molecule has 0 fully saturated rings. The molecule has 0 aliphatic rings. The van der Waals surface area contributed by atoms with Crippen LogP contribution >= 0.6 is 0 Å². The molecule has 0 spiro atoms. The SMILES string of the molecule is C=C(CC(C)OC(=O)C(=C)CCCOC(=O)C(=C)CCCCOC(=O)C(=C)CC(CC)OC(=O)C(=C)CCOC)C(=O)O. The van der Waals surface area contributed by atoms with Crippen molar-refractivity contribution in [2.24, 2.45) is 0 Å². The van der Waals surface area contributed by atoms with Crippen molar-refractivity contribution in [1.29, 1.82) is 0 Å². The lowest BCUT2D eigenvalue weighted by molar-refractivity contribution is -0.146. The standard InChI is InChI=1S/C32H46O11/c1-9-27(43-32(38)23(4)15-18-39-8)20-25(6)30(36)40-16-11-10-13-21(2)29(35)41-17-12-14-22(3)31(37)42-26(7)19-24(5)28(33)34/h26-27H,2-6,9-20H2,1,7-8H3,(H,33,34). The van der Waals surface area contributed by atoms with Crippen LogP contribution < -0.4 is 0 Å². The fourth-order valence-electron chi connectivity index (χ4n) is 3.40. The van der Waals surface area contributed by atoms with E-state index in [0.717, 1.165) is 0 Å². The van der Waals surface area contributed by atoms with Gasteiger partial charge in [0, 0.05) is 54.2 Å². The van der Waals surface area contributed by atoms with Crippen LogP contribution in [0.15, 0.2) is 60.8 Å². The van der Waals surface area contributed by atoms with Gasteiger partial charge in [0.25, 0.3) is 0 Å². The minimum atomic E-state index is -1.16. The summed E-state index contributed by atoms with van der Waals surface area (Å²) in [5.41, 5.74) is 0.849. The maximum atomic E-state index is 12.3. The molecule has 0 aromatic carbocycles. The van der Waals surface area contributed by atoms with Crippen molar-refractivity contribution < 1.29 is 52.8 Å². The first kappa shape index (κ1) is 39.0. The van der Waals surface area contributed by atoms with E-state index in [0.29, 0.717) is 45.1 Å². The summed E-state index contributed by atoms with van der Waals surface area (Å²) < 4.78 is 25.9. The Morgan fingerprint density at radius 2 is 1.14 bits per heavy atom. The normalized spacial score (nSPS) is 11.8. The summed E-state index contributed by atoms with van der Waals surface area (Å²) in [5, 5.41) is 8.85. The molecule has 0 aromatic heterocycles. The largest absolute Gasteiger partial charge is 0.478 e. The van der Waals surface area contributed by atoms with E-state index in [1.165, 1.54) is 7.11 Å². The van der Waals surface area contributed by atoms with E-state index < -0.39 is 42.1 Å². The van der Waals surface area contributed by atoms with Gasteiger partial charge < -0.3 is 28.8 Å². The average Bonchev–Trinajstić information content (AvgIpc) is 2.96. The highest BCUT2D eigenvalue weighted by Crippen LogP contribution is 2.16. The first-order chi connectivity index (χ1) is 20.2. The number of aliphatic carboxylic acids is 1. The zero-order valence-corrected chi connectivity index (χ0v) is 25.7. The maximum absolute atomic E-state index is 12.3. The zero-order chi connectivity index (χ0) is 32.9. The molecular formula is C32H46O11. The molecule has 0 amide bonds. The molecule has 11 heteroatoms. The van der Waals surface area contributed by atoms with E-state index >= 15 is 0 Å². The molecule has 240 valence electrons. The molecule has 0 bridgehead atoms. The third kappa shape index (κ3) is 17.5. The summed E-state index contributed by atoms with van der Waals surface area (Å²) >= 11 is 0. The van der Waals surface area contributed by atoms with Gasteiger partial charge in [-0.1, -0.05) is 39.8 Å². The van der Waals surface area contributed by atoms with Gasteiger partial charge in [-0.05, 0) is 45.4 Å². The molecule has 43 heavy (non-hydrogen) atoms. The molecule has 0 rings (SSSR count). The number of hydrogen-bond donors (Lipinski definition) is 1. The number of methoxy groups -OCH3 is 1. The summed E-state index contributed by atoms with van der Waals surface area (Å²) in [7, 11) is 1.52. The quantitative estimate of drug-likeness (QED) is 0.0687. The van der Waals surface area contributed by atoms with Crippen LogP contribution in [0.5, 0.6) is 0 Å². The second-order valence-electron chi connectivity index (χ2n) is 9.96. The highest BCUT2D eigenvalue weighted by Gasteiger charge is 2.20. The Morgan fingerprint density at radius 3 is 1.72 bits per heavy atom. The van der Waals surface area contributed by atoms with Gasteiger partial charge >= 0.3 is 29.8 Å². The van der Waals surface area contributed by atoms with Crippen LogP contribution in [0.2, 0.25) is 0 Å². The van der Waals surface area contributed by atoms with Gasteiger partial charge in [-0.25, -0.2) is 24.0 Å². The molecule has 2 atom stereocenters. The van der Waals surface area contributed by atoms with E-state index in [4.69, 9.17) is 28.8 Å². The third-order valence-corrected chi connectivity index (χ3v) is 6.07. The first-order valence-electron chi connectivity index (χ1n) is 14.1. The summed E-state index contributed by atoms with van der Waals surface area (Å²) in [5.74, 6) is -3.50. The van der Waals surface area contributed by atoms with Crippen LogP contribution in [-0.4, -0.2) is 74.1 Å². The Hall–Kier alpha value is -3.99. The van der Waals surface area contributed by atoms with Gasteiger partial charge in [-0.15, -0.1) is 0 Å². The number of carbonyl (C=O) groups is 5. The number of esters is 4. The van der Waals surface area contributed by atoms with Gasteiger partial charge in [0.05, 0.1) is 19.8 Å². The lowest BCUT2D eigenvalue weighted by Crippen LogP contribution is -2.22. The Labute approximate surface area is 254 Å². The van der Waals surface area contributed by atoms with E-state index in [-0.39, 0.29) is 60.3 Å². The van der Waals surface area contributed by atoms with E-state index in [9.17, 15) is 24.0 Å². The monoisotopic (exact) mass is 606 g/mol. The van der Waals surface area contributed by atoms with Crippen LogP contribution in [0.25, 0.3) is 0 Å². The highest BCUT2D eigenvalue weighted by atomic mass is 16.6. The molecular weight excluding hydrogens is 560 g/mol. The van der Waals surface area contributed by atoms with Crippen LogP contribution in [0, 0.1) is 0 Å². The van der Waals surface area contributed by atoms with Gasteiger partial charge in [0.15, 0.2) is 0 Å². The predicted octanol–water partition coefficient (Wildman–Crippen LogP) is 4.96. The maximum Gasteiger partial charge on any atom is 0.333 e. The van der Waals surface area contributed by atoms with Crippen molar-refractivity contribution in [3.05, 3.63) is 60.8 Å². The molecule has 0 aromatic rings. The smallest absolute Gasteiger partial charge is 0.333 e. The molecule has 0 radical (unpaired) electrons. The fourth-order valence-corrected chi connectivity index (χ4v) is 3.40. The molecule has 1 N–H and O–H groups in total.